The van der Waals surface area contributed by atoms with Crippen LogP contribution >= 0.6 is 0 Å². The van der Waals surface area contributed by atoms with E-state index in [0.717, 1.165) is 44.3 Å². The van der Waals surface area contributed by atoms with Crippen molar-refractivity contribution in [3.63, 3.8) is 0 Å². The molecule has 0 aliphatic rings. The van der Waals surface area contributed by atoms with Crippen LogP contribution in [0.1, 0.15) is 16.7 Å². The van der Waals surface area contributed by atoms with Crippen molar-refractivity contribution >= 4 is 66.3 Å². The van der Waals surface area contributed by atoms with Gasteiger partial charge in [-0.05, 0) is 93.4 Å². The molecule has 0 fully saturated rings. The lowest BCUT2D eigenvalue weighted by Gasteiger charge is -2.17. The summed E-state index contributed by atoms with van der Waals surface area (Å²) < 4.78 is 8.57. The fourth-order valence-electron chi connectivity index (χ4n) is 7.49. The van der Waals surface area contributed by atoms with Crippen molar-refractivity contribution in [2.45, 2.75) is 0 Å². The minimum atomic E-state index is 0.654. The molecule has 0 spiro atoms. The van der Waals surface area contributed by atoms with Crippen LogP contribution in [0.5, 0.6) is 0 Å². The third-order valence-corrected chi connectivity index (χ3v) is 9.86. The maximum atomic E-state index is 6.14. The van der Waals surface area contributed by atoms with Crippen LogP contribution in [-0.4, -0.2) is 9.55 Å². The number of benzene rings is 7. The number of para-hydroxylation sites is 2. The van der Waals surface area contributed by atoms with E-state index in [4.69, 9.17) is 4.42 Å². The van der Waals surface area contributed by atoms with Crippen LogP contribution in [0.2, 0.25) is 0 Å². The van der Waals surface area contributed by atoms with E-state index < -0.39 is 0 Å². The molecule has 3 nitrogen and oxygen atoms in total. The molecule has 234 valence electrons. The van der Waals surface area contributed by atoms with Gasteiger partial charge in [0.2, 0.25) is 5.71 Å². The van der Waals surface area contributed by atoms with Crippen molar-refractivity contribution in [1.29, 1.82) is 0 Å². The molecule has 10 rings (SSSR count). The quantitative estimate of drug-likeness (QED) is 0.176. The van der Waals surface area contributed by atoms with Crippen LogP contribution in [0.25, 0.3) is 83.1 Å². The second-order valence-corrected chi connectivity index (χ2v) is 12.8. The molecule has 0 aliphatic heterocycles. The lowest BCUT2D eigenvalue weighted by atomic mass is 9.91. The molecule has 3 aromatic heterocycles. The van der Waals surface area contributed by atoms with E-state index in [2.05, 4.69) is 179 Å². The summed E-state index contributed by atoms with van der Waals surface area (Å²) in [6.07, 6.45) is 4.09. The molecule has 50 heavy (non-hydrogen) atoms. The summed E-state index contributed by atoms with van der Waals surface area (Å²) in [7, 11) is 0. The van der Waals surface area contributed by atoms with Gasteiger partial charge in [0.1, 0.15) is 5.58 Å². The van der Waals surface area contributed by atoms with Gasteiger partial charge in [-0.25, -0.2) is 4.98 Å². The van der Waals surface area contributed by atoms with Gasteiger partial charge in [0.15, 0.2) is 0 Å². The highest BCUT2D eigenvalue weighted by Gasteiger charge is 2.18. The smallest absolute Gasteiger partial charge is 0.227 e. The number of hydrogen-bond acceptors (Lipinski definition) is 2. The number of aromatic nitrogens is 2. The van der Waals surface area contributed by atoms with Crippen molar-refractivity contribution < 1.29 is 4.42 Å². The van der Waals surface area contributed by atoms with Gasteiger partial charge in [0.05, 0.1) is 16.7 Å². The summed E-state index contributed by atoms with van der Waals surface area (Å²) in [5, 5.41) is 6.96. The first kappa shape index (κ1) is 28.3. The number of furan rings is 1. The van der Waals surface area contributed by atoms with Crippen molar-refractivity contribution in [1.82, 2.24) is 9.55 Å². The van der Waals surface area contributed by atoms with Crippen LogP contribution in [-0.2, 0) is 0 Å². The van der Waals surface area contributed by atoms with Crippen molar-refractivity contribution in [2.75, 3.05) is 0 Å². The maximum Gasteiger partial charge on any atom is 0.227 e. The summed E-state index contributed by atoms with van der Waals surface area (Å²) in [5.41, 5.74) is 11.9. The predicted molar refractivity (Wildman–Crippen MR) is 209 cm³/mol. The second kappa shape index (κ2) is 11.5. The highest BCUT2D eigenvalue weighted by atomic mass is 16.3. The van der Waals surface area contributed by atoms with Crippen LogP contribution < -0.4 is 0 Å². The number of rotatable bonds is 5. The Morgan fingerprint density at radius 3 is 1.94 bits per heavy atom. The molecular formula is C47H30N2O. The predicted octanol–water partition coefficient (Wildman–Crippen LogP) is 12.5. The Morgan fingerprint density at radius 1 is 0.500 bits per heavy atom. The second-order valence-electron chi connectivity index (χ2n) is 12.8. The number of pyridine rings is 1. The molecule has 3 heterocycles. The zero-order chi connectivity index (χ0) is 33.0. The van der Waals surface area contributed by atoms with Crippen molar-refractivity contribution in [2.24, 2.45) is 0 Å². The molecule has 0 unspecified atom stereocenters. The van der Waals surface area contributed by atoms with Crippen molar-refractivity contribution in [3.05, 3.63) is 193 Å². The number of fused-ring (bicyclic) bond motifs is 7. The molecule has 0 saturated carbocycles. The van der Waals surface area contributed by atoms with Gasteiger partial charge >= 0.3 is 0 Å². The average molecular weight is 639 g/mol. The van der Waals surface area contributed by atoms with E-state index in [1.165, 1.54) is 43.7 Å². The lowest BCUT2D eigenvalue weighted by molar-refractivity contribution is 0.654. The topological polar surface area (TPSA) is 31.0 Å². The molecule has 7 aromatic carbocycles. The van der Waals surface area contributed by atoms with Gasteiger partial charge in [-0.1, -0.05) is 121 Å². The molecule has 3 heteroatoms. The first-order chi connectivity index (χ1) is 24.8. The minimum Gasteiger partial charge on any atom is -0.438 e. The zero-order valence-corrected chi connectivity index (χ0v) is 27.1. The molecule has 10 aromatic rings. The highest BCUT2D eigenvalue weighted by Crippen LogP contribution is 2.39. The summed E-state index contributed by atoms with van der Waals surface area (Å²) >= 11 is 0. The number of nitrogens with zero attached hydrogens (tertiary/aromatic N) is 2. The first-order valence-corrected chi connectivity index (χ1v) is 17.0. The van der Waals surface area contributed by atoms with Crippen LogP contribution in [0, 0.1) is 0 Å². The highest BCUT2D eigenvalue weighted by molar-refractivity contribution is 6.11. The monoisotopic (exact) mass is 638 g/mol. The van der Waals surface area contributed by atoms with Gasteiger partial charge in [0, 0.05) is 33.1 Å². The molecule has 0 radical (unpaired) electrons. The SMILES string of the molecule is C(=C(/c1cc(-n2c3ccccc3c3ccccc32)c2ccccc2c1)c1ccc2oc3ncccc3c2c1)/c1ccc(-c2ccccc2)cc1. The van der Waals surface area contributed by atoms with Gasteiger partial charge < -0.3 is 8.98 Å². The summed E-state index contributed by atoms with van der Waals surface area (Å²) in [5.74, 6) is 0. The minimum absolute atomic E-state index is 0.654. The first-order valence-electron chi connectivity index (χ1n) is 17.0. The standard InChI is InChI=1S/C47H30N2O/c1-2-11-32(12-3-1)33-22-20-31(21-23-33)27-41(35-24-25-46-42(29-35)40-17-10-26-48-47(40)50-46)36-28-34-13-4-5-14-37(34)45(30-36)49-43-18-8-6-15-38(43)39-16-7-9-19-44(39)49/h1-30H/b41-27-. The van der Waals surface area contributed by atoms with Gasteiger partial charge in [-0.15, -0.1) is 0 Å². The molecule has 0 bridgehead atoms. The fourth-order valence-corrected chi connectivity index (χ4v) is 7.49. The summed E-state index contributed by atoms with van der Waals surface area (Å²) in [4.78, 5) is 4.49. The van der Waals surface area contributed by atoms with E-state index in [-0.39, 0.29) is 0 Å². The lowest BCUT2D eigenvalue weighted by Crippen LogP contribution is -1.98. The Labute approximate surface area is 289 Å². The van der Waals surface area contributed by atoms with Crippen molar-refractivity contribution in [3.8, 4) is 16.8 Å². The van der Waals surface area contributed by atoms with Crippen LogP contribution in [0.3, 0.4) is 0 Å². The van der Waals surface area contributed by atoms with E-state index in [1.807, 2.05) is 6.07 Å². The summed E-state index contributed by atoms with van der Waals surface area (Å²) in [6.45, 7) is 0. The fraction of sp³-hybridized carbons (Fsp3) is 0. The summed E-state index contributed by atoms with van der Waals surface area (Å²) in [6, 6.07) is 60.8. The van der Waals surface area contributed by atoms with Crippen LogP contribution in [0.15, 0.2) is 180 Å². The maximum absolute atomic E-state index is 6.14. The van der Waals surface area contributed by atoms with Gasteiger partial charge in [-0.2, -0.15) is 0 Å². The zero-order valence-electron chi connectivity index (χ0n) is 27.1. The normalized spacial score (nSPS) is 12.1. The van der Waals surface area contributed by atoms with Gasteiger partial charge in [-0.3, -0.25) is 0 Å². The Kier molecular flexibility index (Phi) is 6.49. The van der Waals surface area contributed by atoms with E-state index in [1.54, 1.807) is 6.20 Å². The third-order valence-electron chi connectivity index (χ3n) is 9.86. The van der Waals surface area contributed by atoms with Gasteiger partial charge in [0.25, 0.3) is 0 Å². The average Bonchev–Trinajstić information content (AvgIpc) is 3.72. The Bertz CT molecular complexity index is 2860. The molecule has 0 amide bonds. The Hall–Kier alpha value is -6.71. The molecule has 0 saturated heterocycles. The van der Waals surface area contributed by atoms with E-state index in [0.29, 0.717) is 5.71 Å². The Morgan fingerprint density at radius 2 is 1.16 bits per heavy atom. The Balaban J connectivity index is 1.24. The number of hydrogen-bond donors (Lipinski definition) is 0. The molecule has 0 N–H and O–H groups in total. The van der Waals surface area contributed by atoms with Crippen LogP contribution in [0.4, 0.5) is 0 Å². The molecular weight excluding hydrogens is 609 g/mol. The van der Waals surface area contributed by atoms with E-state index >= 15 is 0 Å². The molecule has 0 aliphatic carbocycles. The third kappa shape index (κ3) is 4.63. The molecule has 0 atom stereocenters. The largest absolute Gasteiger partial charge is 0.438 e. The van der Waals surface area contributed by atoms with E-state index in [9.17, 15) is 0 Å².